The number of nitrogens with zero attached hydrogens (tertiary/aromatic N) is 1. The highest BCUT2D eigenvalue weighted by Crippen LogP contribution is 2.14. The number of nitro benzene ring substituents is 1. The molecule has 5 heteroatoms. The molecule has 0 spiro atoms. The number of amides is 1. The molecule has 132 valence electrons. The van der Waals surface area contributed by atoms with Gasteiger partial charge in [0.05, 0.1) is 4.92 Å². The van der Waals surface area contributed by atoms with E-state index >= 15 is 0 Å². The number of unbranched alkanes of at least 4 members (excludes halogenated alkanes) is 7. The molecule has 0 fully saturated rings. The van der Waals surface area contributed by atoms with Crippen LogP contribution in [0.25, 0.3) is 6.08 Å². The number of rotatable bonds is 12. The summed E-state index contributed by atoms with van der Waals surface area (Å²) in [6.07, 6.45) is 12.9. The van der Waals surface area contributed by atoms with Gasteiger partial charge >= 0.3 is 0 Å². The predicted molar refractivity (Wildman–Crippen MR) is 97.8 cm³/mol. The molecule has 0 saturated carbocycles. The first kappa shape index (κ1) is 19.9. The lowest BCUT2D eigenvalue weighted by Gasteiger charge is -2.03. The number of hydrogen-bond donors (Lipinski definition) is 1. The molecular weight excluding hydrogens is 304 g/mol. The molecule has 0 aliphatic rings. The summed E-state index contributed by atoms with van der Waals surface area (Å²) in [5.74, 6) is -0.163. The van der Waals surface area contributed by atoms with Gasteiger partial charge in [-0.3, -0.25) is 14.9 Å². The summed E-state index contributed by atoms with van der Waals surface area (Å²) in [5, 5.41) is 13.5. The van der Waals surface area contributed by atoms with Gasteiger partial charge in [0.1, 0.15) is 0 Å². The Morgan fingerprint density at radius 3 is 2.46 bits per heavy atom. The summed E-state index contributed by atoms with van der Waals surface area (Å²) >= 11 is 0. The van der Waals surface area contributed by atoms with Crippen molar-refractivity contribution in [1.82, 2.24) is 5.32 Å². The van der Waals surface area contributed by atoms with Gasteiger partial charge in [-0.1, -0.05) is 64.0 Å². The number of non-ortho nitro benzene ring substituents is 1. The van der Waals surface area contributed by atoms with Crippen LogP contribution in [0.5, 0.6) is 0 Å². The van der Waals surface area contributed by atoms with E-state index in [9.17, 15) is 14.9 Å². The Balaban J connectivity index is 2.15. The van der Waals surface area contributed by atoms with Crippen LogP contribution in [0.1, 0.15) is 63.9 Å². The number of nitro groups is 1. The molecule has 0 unspecified atom stereocenters. The zero-order valence-corrected chi connectivity index (χ0v) is 14.5. The molecular formula is C19H28N2O3. The largest absolute Gasteiger partial charge is 0.353 e. The predicted octanol–water partition coefficient (Wildman–Crippen LogP) is 4.86. The van der Waals surface area contributed by atoms with Gasteiger partial charge in [0.15, 0.2) is 0 Å². The molecule has 1 aromatic carbocycles. The van der Waals surface area contributed by atoms with Gasteiger partial charge < -0.3 is 5.32 Å². The molecule has 5 nitrogen and oxygen atoms in total. The second-order valence-electron chi connectivity index (χ2n) is 5.95. The van der Waals surface area contributed by atoms with Gasteiger partial charge in [0, 0.05) is 24.8 Å². The maximum Gasteiger partial charge on any atom is 0.270 e. The lowest BCUT2D eigenvalue weighted by atomic mass is 10.1. The Bertz CT molecular complexity index is 541. The first-order chi connectivity index (χ1) is 11.6. The molecule has 0 aliphatic carbocycles. The van der Waals surface area contributed by atoms with E-state index in [2.05, 4.69) is 12.2 Å². The smallest absolute Gasteiger partial charge is 0.270 e. The lowest BCUT2D eigenvalue weighted by molar-refractivity contribution is -0.384. The molecule has 24 heavy (non-hydrogen) atoms. The number of hydrogen-bond acceptors (Lipinski definition) is 3. The summed E-state index contributed by atoms with van der Waals surface area (Å²) in [6.45, 7) is 2.89. The minimum absolute atomic E-state index is 0.0245. The number of nitrogens with one attached hydrogen (secondary N) is 1. The van der Waals surface area contributed by atoms with Crippen molar-refractivity contribution in [1.29, 1.82) is 0 Å². The quantitative estimate of drug-likeness (QED) is 0.257. The van der Waals surface area contributed by atoms with Crippen molar-refractivity contribution in [3.63, 3.8) is 0 Å². The average molecular weight is 332 g/mol. The molecule has 1 aromatic rings. The Morgan fingerprint density at radius 1 is 1.12 bits per heavy atom. The monoisotopic (exact) mass is 332 g/mol. The van der Waals surface area contributed by atoms with E-state index in [0.717, 1.165) is 12.8 Å². The molecule has 0 bridgehead atoms. The Morgan fingerprint density at radius 2 is 1.79 bits per heavy atom. The van der Waals surface area contributed by atoms with Crippen LogP contribution in [0.4, 0.5) is 5.69 Å². The van der Waals surface area contributed by atoms with Crippen LogP contribution in [-0.2, 0) is 4.79 Å². The fourth-order valence-electron chi connectivity index (χ4n) is 2.44. The van der Waals surface area contributed by atoms with Crippen LogP contribution >= 0.6 is 0 Å². The lowest BCUT2D eigenvalue weighted by Crippen LogP contribution is -2.21. The van der Waals surface area contributed by atoms with Crippen molar-refractivity contribution in [2.75, 3.05) is 6.54 Å². The van der Waals surface area contributed by atoms with Crippen LogP contribution in [0.3, 0.4) is 0 Å². The standard InChI is InChI=1S/C19H28N2O3/c1-2-3-4-5-6-7-8-9-15-20-19(22)14-13-17-11-10-12-18(16-17)21(23)24/h10-14,16H,2-9,15H2,1H3,(H,20,22)/b14-13+. The van der Waals surface area contributed by atoms with Crippen LogP contribution < -0.4 is 5.32 Å². The van der Waals surface area contributed by atoms with Gasteiger partial charge in [-0.15, -0.1) is 0 Å². The molecule has 0 aliphatic heterocycles. The van der Waals surface area contributed by atoms with Crippen molar-refractivity contribution in [2.24, 2.45) is 0 Å². The van der Waals surface area contributed by atoms with E-state index in [-0.39, 0.29) is 11.6 Å². The van der Waals surface area contributed by atoms with Crippen molar-refractivity contribution in [2.45, 2.75) is 58.3 Å². The molecule has 0 aromatic heterocycles. The average Bonchev–Trinajstić information content (AvgIpc) is 2.58. The van der Waals surface area contributed by atoms with Gasteiger partial charge in [-0.05, 0) is 18.1 Å². The van der Waals surface area contributed by atoms with Crippen molar-refractivity contribution >= 4 is 17.7 Å². The normalized spacial score (nSPS) is 10.9. The summed E-state index contributed by atoms with van der Waals surface area (Å²) in [5.41, 5.74) is 0.669. The maximum atomic E-state index is 11.7. The van der Waals surface area contributed by atoms with Crippen LogP contribution in [0.15, 0.2) is 30.3 Å². The SMILES string of the molecule is CCCCCCCCCCNC(=O)/C=C/c1cccc([N+](=O)[O-])c1. The summed E-state index contributed by atoms with van der Waals surface area (Å²) < 4.78 is 0. The van der Waals surface area contributed by atoms with Gasteiger partial charge in [-0.2, -0.15) is 0 Å². The van der Waals surface area contributed by atoms with Gasteiger partial charge in [0.2, 0.25) is 5.91 Å². The highest BCUT2D eigenvalue weighted by atomic mass is 16.6. The molecule has 1 amide bonds. The first-order valence-corrected chi connectivity index (χ1v) is 8.84. The third-order valence-electron chi connectivity index (χ3n) is 3.84. The highest BCUT2D eigenvalue weighted by Gasteiger charge is 2.04. The highest BCUT2D eigenvalue weighted by molar-refractivity contribution is 5.91. The zero-order valence-electron chi connectivity index (χ0n) is 14.5. The number of benzene rings is 1. The fourth-order valence-corrected chi connectivity index (χ4v) is 2.44. The minimum atomic E-state index is -0.445. The van der Waals surface area contributed by atoms with E-state index in [1.807, 2.05) is 0 Å². The Labute approximate surface area is 144 Å². The van der Waals surface area contributed by atoms with Crippen molar-refractivity contribution in [3.8, 4) is 0 Å². The third kappa shape index (κ3) is 9.08. The molecule has 1 rings (SSSR count). The second kappa shape index (κ2) is 12.3. The zero-order chi connectivity index (χ0) is 17.6. The molecule has 0 heterocycles. The summed E-state index contributed by atoms with van der Waals surface area (Å²) in [6, 6.07) is 6.22. The summed E-state index contributed by atoms with van der Waals surface area (Å²) in [4.78, 5) is 22.0. The van der Waals surface area contributed by atoms with E-state index in [1.54, 1.807) is 18.2 Å². The summed E-state index contributed by atoms with van der Waals surface area (Å²) in [7, 11) is 0. The molecule has 0 radical (unpaired) electrons. The third-order valence-corrected chi connectivity index (χ3v) is 3.84. The maximum absolute atomic E-state index is 11.7. The minimum Gasteiger partial charge on any atom is -0.353 e. The molecule has 0 saturated heterocycles. The van der Waals surface area contributed by atoms with Gasteiger partial charge in [0.25, 0.3) is 5.69 Å². The second-order valence-corrected chi connectivity index (χ2v) is 5.95. The van der Waals surface area contributed by atoms with Crippen molar-refractivity contribution < 1.29 is 9.72 Å². The number of carbonyl (C=O) groups is 1. The Hall–Kier alpha value is -2.17. The van der Waals surface area contributed by atoms with Crippen molar-refractivity contribution in [3.05, 3.63) is 46.0 Å². The molecule has 0 atom stereocenters. The fraction of sp³-hybridized carbons (Fsp3) is 0.526. The topological polar surface area (TPSA) is 72.2 Å². The van der Waals surface area contributed by atoms with Crippen LogP contribution in [-0.4, -0.2) is 17.4 Å². The van der Waals surface area contributed by atoms with E-state index in [0.29, 0.717) is 12.1 Å². The van der Waals surface area contributed by atoms with Gasteiger partial charge in [-0.25, -0.2) is 0 Å². The van der Waals surface area contributed by atoms with Crippen LogP contribution in [0.2, 0.25) is 0 Å². The van der Waals surface area contributed by atoms with E-state index in [1.165, 1.54) is 56.7 Å². The Kier molecular flexibility index (Phi) is 10.2. The van der Waals surface area contributed by atoms with Crippen LogP contribution in [0, 0.1) is 10.1 Å². The first-order valence-electron chi connectivity index (χ1n) is 8.84. The molecule has 1 N–H and O–H groups in total. The number of carbonyl (C=O) groups excluding carboxylic acids is 1. The van der Waals surface area contributed by atoms with E-state index in [4.69, 9.17) is 0 Å². The van der Waals surface area contributed by atoms with E-state index < -0.39 is 4.92 Å².